The number of hydrogen-bond acceptors (Lipinski definition) is 12. The number of amides is 1. The smallest absolute Gasteiger partial charge is 0.312 e. The van der Waals surface area contributed by atoms with Gasteiger partial charge in [0.1, 0.15) is 40.0 Å². The van der Waals surface area contributed by atoms with Crippen LogP contribution in [0.2, 0.25) is 0 Å². The molecule has 5 heterocycles. The predicted molar refractivity (Wildman–Crippen MR) is 208 cm³/mol. The Morgan fingerprint density at radius 3 is 2.34 bits per heavy atom. The van der Waals surface area contributed by atoms with Gasteiger partial charge in [0.15, 0.2) is 5.75 Å². The van der Waals surface area contributed by atoms with E-state index >= 15 is 0 Å². The van der Waals surface area contributed by atoms with Crippen molar-refractivity contribution in [2.45, 2.75) is 92.5 Å². The van der Waals surface area contributed by atoms with Crippen LogP contribution in [-0.2, 0) is 19.1 Å². The van der Waals surface area contributed by atoms with Crippen molar-refractivity contribution in [2.24, 2.45) is 23.7 Å². The predicted octanol–water partition coefficient (Wildman–Crippen LogP) is 5.50. The van der Waals surface area contributed by atoms with Crippen LogP contribution in [0.3, 0.4) is 0 Å². The number of carbonyl (C=O) groups is 3. The van der Waals surface area contributed by atoms with Gasteiger partial charge < -0.3 is 45.1 Å². The van der Waals surface area contributed by atoms with Crippen molar-refractivity contribution >= 4 is 50.8 Å². The van der Waals surface area contributed by atoms with E-state index in [2.05, 4.69) is 5.32 Å². The highest BCUT2D eigenvalue weighted by molar-refractivity contribution is 6.28. The topological polar surface area (TPSA) is 209 Å². The molecule has 2 aromatic carbocycles. The lowest BCUT2D eigenvalue weighted by molar-refractivity contribution is -0.159. The Bertz CT molecular complexity index is 2360. The first-order valence-electron chi connectivity index (χ1n) is 18.6. The zero-order valence-electron chi connectivity index (χ0n) is 32.8. The number of aromatic hydroxyl groups is 2. The Kier molecular flexibility index (Phi) is 10.7. The standard InChI is InChI=1S/C42H49N3O11/c1-18-13-15-45-27(17-18)43-31-28-29-36(50)24(7)39-30(28)40(52)42(9,56-39)54-16-14-26(47)21(4)38(55-25(8)46)23(6)35(49)22(5)34(48)19(2)11-10-12-20(3)41(53)44-32(33(31)45)37(29)51/h10-17,19,21-23,26,34-35,38,47-51H,1-9H3,(H,44,53)/b11-10+,16-14+,20-12-/t19-,21+,22+,23+,26-,34-,35+,38+,42-/m0/s1. The summed E-state index contributed by atoms with van der Waals surface area (Å²) < 4.78 is 19.3. The molecule has 0 unspecified atom stereocenters. The molecule has 14 nitrogen and oxygen atoms in total. The van der Waals surface area contributed by atoms with Gasteiger partial charge in [-0.3, -0.25) is 18.8 Å². The number of esters is 1. The maximum absolute atomic E-state index is 14.5. The zero-order chi connectivity index (χ0) is 41.1. The van der Waals surface area contributed by atoms with Gasteiger partial charge in [-0.1, -0.05) is 45.9 Å². The van der Waals surface area contributed by atoms with Gasteiger partial charge in [-0.05, 0) is 44.5 Å². The lowest BCUT2D eigenvalue weighted by Gasteiger charge is -2.37. The number of benzene rings is 2. The van der Waals surface area contributed by atoms with Crippen LogP contribution in [0.4, 0.5) is 5.69 Å². The van der Waals surface area contributed by atoms with E-state index in [1.54, 1.807) is 63.4 Å². The molecule has 0 saturated carbocycles. The minimum Gasteiger partial charge on any atom is -0.507 e. The van der Waals surface area contributed by atoms with E-state index in [9.17, 15) is 39.9 Å². The molecule has 4 aromatic rings. The number of aliphatic hydroxyl groups is 3. The maximum atomic E-state index is 14.5. The maximum Gasteiger partial charge on any atom is 0.312 e. The van der Waals surface area contributed by atoms with Crippen LogP contribution < -0.4 is 10.1 Å². The van der Waals surface area contributed by atoms with E-state index in [1.807, 2.05) is 13.0 Å². The highest BCUT2D eigenvalue weighted by Gasteiger charge is 2.49. The van der Waals surface area contributed by atoms with Crippen LogP contribution >= 0.6 is 0 Å². The molecule has 14 heteroatoms. The number of fused-ring (bicyclic) bond motifs is 14. The molecule has 7 rings (SSSR count). The summed E-state index contributed by atoms with van der Waals surface area (Å²) in [4.78, 5) is 45.3. The van der Waals surface area contributed by atoms with E-state index < -0.39 is 83.0 Å². The SMILES string of the molecule is CC(=O)O[C@H]1[C@H](C)[C@H](O)[C@H](C)[C@@H](O)[C@@H](C)/C=C/C=C(/C)C(=O)Nc2c(O)c3c(O)c(C)c4c(c3c3nc5cc(C)ccn5c23)C(=O)[C@@](C)(O/C=C/[C@H](O)[C@H]1C)O4. The molecule has 6 N–H and O–H groups in total. The fourth-order valence-corrected chi connectivity index (χ4v) is 7.75. The van der Waals surface area contributed by atoms with Crippen LogP contribution in [0.1, 0.15) is 70.0 Å². The molecule has 0 radical (unpaired) electrons. The summed E-state index contributed by atoms with van der Waals surface area (Å²) in [6, 6.07) is 3.61. The summed E-state index contributed by atoms with van der Waals surface area (Å²) in [6.45, 7) is 14.3. The molecule has 56 heavy (non-hydrogen) atoms. The van der Waals surface area contributed by atoms with Gasteiger partial charge in [-0.15, -0.1) is 0 Å². The van der Waals surface area contributed by atoms with E-state index in [-0.39, 0.29) is 49.9 Å². The Morgan fingerprint density at radius 1 is 0.964 bits per heavy atom. The summed E-state index contributed by atoms with van der Waals surface area (Å²) in [6.07, 6.45) is 4.34. The Balaban J connectivity index is 1.57. The van der Waals surface area contributed by atoms with E-state index in [0.29, 0.717) is 5.65 Å². The fraction of sp³-hybridized carbons (Fsp3) is 0.429. The number of aromatic nitrogens is 2. The summed E-state index contributed by atoms with van der Waals surface area (Å²) in [7, 11) is 0. The molecular formula is C42H49N3O11. The number of carbonyl (C=O) groups excluding carboxylic acids is 3. The Hall–Kier alpha value is -5.44. The lowest BCUT2D eigenvalue weighted by atomic mass is 9.78. The molecule has 5 bridgehead atoms. The third-order valence-corrected chi connectivity index (χ3v) is 11.3. The number of nitrogens with one attached hydrogen (secondary N) is 1. The number of ketones is 1. The molecule has 298 valence electrons. The van der Waals surface area contributed by atoms with Crippen molar-refractivity contribution in [3.63, 3.8) is 0 Å². The average molecular weight is 772 g/mol. The van der Waals surface area contributed by atoms with Gasteiger partial charge in [-0.2, -0.15) is 0 Å². The molecule has 1 amide bonds. The monoisotopic (exact) mass is 771 g/mol. The highest BCUT2D eigenvalue weighted by Crippen LogP contribution is 2.54. The van der Waals surface area contributed by atoms with E-state index in [1.165, 1.54) is 32.9 Å². The summed E-state index contributed by atoms with van der Waals surface area (Å²) in [5, 5.41) is 60.3. The molecule has 0 saturated heterocycles. The first kappa shape index (κ1) is 40.2. The van der Waals surface area contributed by atoms with Crippen LogP contribution in [0, 0.1) is 37.5 Å². The number of hydrogen-bond donors (Lipinski definition) is 6. The Labute approximate surface area is 323 Å². The minimum atomic E-state index is -2.01. The van der Waals surface area contributed by atoms with Crippen molar-refractivity contribution < 1.29 is 54.1 Å². The van der Waals surface area contributed by atoms with Gasteiger partial charge in [0.25, 0.3) is 11.7 Å². The van der Waals surface area contributed by atoms with Gasteiger partial charge in [0, 0.05) is 60.2 Å². The third-order valence-electron chi connectivity index (χ3n) is 11.3. The molecule has 3 aliphatic rings. The number of allylic oxidation sites excluding steroid dienone is 2. The van der Waals surface area contributed by atoms with Crippen molar-refractivity contribution in [1.29, 1.82) is 0 Å². The number of Topliss-reactive ketones (excluding diaryl/α,β-unsaturated/α-hetero) is 1. The number of anilines is 1. The molecular weight excluding hydrogens is 722 g/mol. The summed E-state index contributed by atoms with van der Waals surface area (Å²) in [5.41, 5.74) is 2.02. The molecule has 0 spiro atoms. The average Bonchev–Trinajstić information content (AvgIpc) is 3.65. The van der Waals surface area contributed by atoms with Gasteiger partial charge in [0.2, 0.25) is 0 Å². The second kappa shape index (κ2) is 14.9. The number of pyridine rings is 1. The largest absolute Gasteiger partial charge is 0.507 e. The van der Waals surface area contributed by atoms with E-state index in [0.717, 1.165) is 11.8 Å². The van der Waals surface area contributed by atoms with Crippen molar-refractivity contribution in [2.75, 3.05) is 5.32 Å². The number of imidazole rings is 1. The highest BCUT2D eigenvalue weighted by atomic mass is 16.7. The first-order valence-corrected chi connectivity index (χ1v) is 18.6. The van der Waals surface area contributed by atoms with Crippen LogP contribution in [-0.4, -0.2) is 82.8 Å². The first-order chi connectivity index (χ1) is 26.3. The lowest BCUT2D eigenvalue weighted by Crippen LogP contribution is -2.46. The summed E-state index contributed by atoms with van der Waals surface area (Å²) >= 11 is 0. The number of phenols is 2. The van der Waals surface area contributed by atoms with Crippen molar-refractivity contribution in [3.05, 3.63) is 71.2 Å². The van der Waals surface area contributed by atoms with E-state index in [4.69, 9.17) is 19.2 Å². The molecule has 0 fully saturated rings. The number of nitrogens with zero attached hydrogens (tertiary/aromatic N) is 2. The third kappa shape index (κ3) is 6.75. The quantitative estimate of drug-likeness (QED) is 0.105. The molecule has 2 aromatic heterocycles. The van der Waals surface area contributed by atoms with Crippen LogP contribution in [0.15, 0.2) is 54.5 Å². The zero-order valence-corrected chi connectivity index (χ0v) is 32.8. The fourth-order valence-electron chi connectivity index (χ4n) is 7.75. The second-order valence-corrected chi connectivity index (χ2v) is 15.4. The van der Waals surface area contributed by atoms with Gasteiger partial charge >= 0.3 is 11.8 Å². The normalized spacial score (nSPS) is 31.2. The van der Waals surface area contributed by atoms with Crippen LogP contribution in [0.5, 0.6) is 17.2 Å². The number of ether oxygens (including phenoxy) is 3. The molecule has 0 aliphatic carbocycles. The Morgan fingerprint density at radius 2 is 1.66 bits per heavy atom. The van der Waals surface area contributed by atoms with Crippen molar-refractivity contribution in [1.82, 2.24) is 9.38 Å². The number of rotatable bonds is 1. The second-order valence-electron chi connectivity index (χ2n) is 15.4. The summed E-state index contributed by atoms with van der Waals surface area (Å²) in [5.74, 6) is -7.59. The van der Waals surface area contributed by atoms with Gasteiger partial charge in [-0.25, -0.2) is 4.98 Å². The van der Waals surface area contributed by atoms with Crippen LogP contribution in [0.25, 0.3) is 27.5 Å². The number of phenolic OH excluding ortho intramolecular Hbond substituents is 2. The number of aryl methyl sites for hydroxylation is 1. The number of aliphatic hydroxyl groups excluding tert-OH is 3. The van der Waals surface area contributed by atoms with Crippen molar-refractivity contribution in [3.8, 4) is 17.2 Å². The minimum absolute atomic E-state index is 0.00473. The molecule has 3 aliphatic heterocycles. The molecule has 9 atom stereocenters. The van der Waals surface area contributed by atoms with Gasteiger partial charge in [0.05, 0.1) is 35.5 Å².